The summed E-state index contributed by atoms with van der Waals surface area (Å²) in [6.45, 7) is 5.66. The van der Waals surface area contributed by atoms with Gasteiger partial charge in [-0.2, -0.15) is 0 Å². The third-order valence-corrected chi connectivity index (χ3v) is 12.0. The first kappa shape index (κ1) is 56.9. The number of esters is 1. The summed E-state index contributed by atoms with van der Waals surface area (Å²) in [6.07, 6.45) is 16.2. The van der Waals surface area contributed by atoms with E-state index >= 15 is 0 Å². The van der Waals surface area contributed by atoms with E-state index in [-0.39, 0.29) is 38.2 Å². The Kier molecular flexibility index (Phi) is 28.6. The van der Waals surface area contributed by atoms with E-state index in [0.29, 0.717) is 24.9 Å². The third kappa shape index (κ3) is 23.8. The van der Waals surface area contributed by atoms with Crippen LogP contribution in [-0.4, -0.2) is 102 Å². The first-order chi connectivity index (χ1) is 31.7. The Balaban J connectivity index is 2.10. The molecule has 1 saturated heterocycles. The molecular formula is C48H81N9O9. The highest BCUT2D eigenvalue weighted by molar-refractivity contribution is 5.97. The zero-order valence-corrected chi connectivity index (χ0v) is 39.8. The number of aliphatic imine (C=N–C) groups is 1. The van der Waals surface area contributed by atoms with Gasteiger partial charge in [0.2, 0.25) is 29.5 Å². The minimum Gasteiger partial charge on any atom is -0.481 e. The maximum absolute atomic E-state index is 14.2. The molecule has 2 rings (SSSR count). The Morgan fingerprint density at radius 1 is 0.697 bits per heavy atom. The summed E-state index contributed by atoms with van der Waals surface area (Å²) in [7, 11) is 0. The number of amides is 5. The number of ether oxygens (including phenoxy) is 1. The van der Waals surface area contributed by atoms with Gasteiger partial charge in [0.1, 0.15) is 36.3 Å². The van der Waals surface area contributed by atoms with Gasteiger partial charge in [0, 0.05) is 25.8 Å². The van der Waals surface area contributed by atoms with Crippen molar-refractivity contribution >= 4 is 47.4 Å². The van der Waals surface area contributed by atoms with Crippen molar-refractivity contribution in [3.05, 3.63) is 35.9 Å². The highest BCUT2D eigenvalue weighted by atomic mass is 16.5. The van der Waals surface area contributed by atoms with E-state index < -0.39 is 90.1 Å². The largest absolute Gasteiger partial charge is 0.481 e. The Morgan fingerprint density at radius 2 is 1.21 bits per heavy atom. The van der Waals surface area contributed by atoms with Gasteiger partial charge in [0.05, 0.1) is 0 Å². The SMILES string of the molecule is CC[C@H](C)[C@@H]1NC(=O)[C@@H](Cc2ccccc2)NC(=O)C(NC(=O)CCCCCCCCCCCCCCCCCCN=C(N)N)[C@@H](C)OC(=O)C(CCC(=O)O)NC(=O)C(CCN)NC1=O. The molecule has 1 aliphatic heterocycles. The summed E-state index contributed by atoms with van der Waals surface area (Å²) in [6, 6.07) is 2.32. The van der Waals surface area contributed by atoms with Crippen LogP contribution in [0.1, 0.15) is 161 Å². The van der Waals surface area contributed by atoms with Crippen LogP contribution in [0.25, 0.3) is 0 Å². The van der Waals surface area contributed by atoms with Crippen LogP contribution in [0.3, 0.4) is 0 Å². The Bertz CT molecular complexity index is 1660. The Morgan fingerprint density at radius 3 is 1.74 bits per heavy atom. The summed E-state index contributed by atoms with van der Waals surface area (Å²) < 4.78 is 5.69. The number of hydrogen-bond acceptors (Lipinski definition) is 10. The van der Waals surface area contributed by atoms with Crippen LogP contribution in [0.2, 0.25) is 0 Å². The molecular weight excluding hydrogens is 847 g/mol. The van der Waals surface area contributed by atoms with Gasteiger partial charge in [-0.25, -0.2) is 4.79 Å². The molecule has 1 aliphatic rings. The number of carboxylic acids is 1. The number of hydrogen-bond donors (Lipinski definition) is 9. The second kappa shape index (κ2) is 33.2. The third-order valence-electron chi connectivity index (χ3n) is 12.0. The van der Waals surface area contributed by atoms with E-state index in [1.165, 1.54) is 64.7 Å². The topological polar surface area (TPSA) is 300 Å². The van der Waals surface area contributed by atoms with Crippen LogP contribution in [0, 0.1) is 5.92 Å². The summed E-state index contributed by atoms with van der Waals surface area (Å²) in [5.41, 5.74) is 17.2. The second-order valence-electron chi connectivity index (χ2n) is 17.7. The quantitative estimate of drug-likeness (QED) is 0.0240. The molecule has 0 aliphatic carbocycles. The lowest BCUT2D eigenvalue weighted by atomic mass is 9.96. The number of unbranched alkanes of at least 4 members (excludes halogenated alkanes) is 15. The lowest BCUT2D eigenvalue weighted by Gasteiger charge is -2.31. The van der Waals surface area contributed by atoms with E-state index in [0.717, 1.165) is 38.5 Å². The van der Waals surface area contributed by atoms with Crippen LogP contribution in [0.5, 0.6) is 0 Å². The number of aliphatic carboxylic acids is 1. The molecule has 0 spiro atoms. The fourth-order valence-electron chi connectivity index (χ4n) is 7.82. The van der Waals surface area contributed by atoms with E-state index in [1.807, 2.05) is 6.92 Å². The van der Waals surface area contributed by atoms with Crippen LogP contribution in [0.15, 0.2) is 35.3 Å². The normalized spacial score (nSPS) is 21.4. The Hall–Kier alpha value is -5.26. The van der Waals surface area contributed by atoms with E-state index in [9.17, 15) is 38.7 Å². The molecule has 0 bridgehead atoms. The molecule has 5 amide bonds. The van der Waals surface area contributed by atoms with Crippen molar-refractivity contribution in [3.8, 4) is 0 Å². The molecule has 18 nitrogen and oxygen atoms in total. The minimum absolute atomic E-state index is 0.0165. The Labute approximate surface area is 391 Å². The molecule has 0 saturated carbocycles. The average Bonchev–Trinajstić information content (AvgIpc) is 3.28. The van der Waals surface area contributed by atoms with Crippen molar-refractivity contribution in [2.75, 3.05) is 13.1 Å². The predicted molar refractivity (Wildman–Crippen MR) is 255 cm³/mol. The molecule has 66 heavy (non-hydrogen) atoms. The van der Waals surface area contributed by atoms with Gasteiger partial charge in [-0.1, -0.05) is 140 Å². The number of rotatable bonds is 29. The molecule has 0 radical (unpaired) electrons. The number of carboxylic acid groups (broad SMARTS) is 1. The number of cyclic esters (lactones) is 1. The maximum Gasteiger partial charge on any atom is 0.329 e. The smallest absolute Gasteiger partial charge is 0.329 e. The molecule has 1 heterocycles. The summed E-state index contributed by atoms with van der Waals surface area (Å²) in [5.74, 6) is -6.02. The number of carbonyl (C=O) groups is 7. The second-order valence-corrected chi connectivity index (χ2v) is 17.7. The van der Waals surface area contributed by atoms with Gasteiger partial charge in [-0.15, -0.1) is 0 Å². The van der Waals surface area contributed by atoms with Crippen LogP contribution in [0.4, 0.5) is 0 Å². The van der Waals surface area contributed by atoms with Gasteiger partial charge in [0.25, 0.3) is 0 Å². The molecule has 372 valence electrons. The fraction of sp³-hybridized carbons (Fsp3) is 0.708. The van der Waals surface area contributed by atoms with Gasteiger partial charge >= 0.3 is 11.9 Å². The number of benzene rings is 1. The van der Waals surface area contributed by atoms with Crippen molar-refractivity contribution < 1.29 is 43.4 Å². The van der Waals surface area contributed by atoms with E-state index in [2.05, 4.69) is 31.6 Å². The van der Waals surface area contributed by atoms with Gasteiger partial charge in [-0.05, 0) is 50.6 Å². The molecule has 18 heteroatoms. The zero-order valence-electron chi connectivity index (χ0n) is 39.8. The summed E-state index contributed by atoms with van der Waals surface area (Å²) >= 11 is 0. The number of guanidine groups is 1. The molecule has 7 atom stereocenters. The van der Waals surface area contributed by atoms with Gasteiger partial charge in [0.15, 0.2) is 5.96 Å². The fourth-order valence-corrected chi connectivity index (χ4v) is 7.82. The molecule has 3 unspecified atom stereocenters. The van der Waals surface area contributed by atoms with Crippen molar-refractivity contribution in [2.24, 2.45) is 28.1 Å². The van der Waals surface area contributed by atoms with Gasteiger partial charge < -0.3 is 53.6 Å². The minimum atomic E-state index is -1.49. The average molecular weight is 928 g/mol. The molecule has 1 aromatic carbocycles. The standard InChI is InChI=1S/C48H81N9O9/c1-4-33(2)41-45(63)53-36(29-30-49)43(61)54-37(27-28-40(59)60)47(65)66-34(3)42(46(64)55-38(44(62)57-41)32-35-24-20-19-21-25-35)56-39(58)26-22-17-15-13-11-9-7-5-6-8-10-12-14-16-18-23-31-52-48(50)51/h19-21,24-25,33-34,36-38,41-42H,4-18,22-23,26-32,49H2,1-3H3,(H,53,63)(H,54,61)(H,55,64)(H,56,58)(H,57,62)(H,59,60)(H4,50,51,52)/t33-,34+,36?,37?,38+,41-,42?/m0/s1. The number of nitrogens with zero attached hydrogens (tertiary/aromatic N) is 1. The molecule has 1 fully saturated rings. The van der Waals surface area contributed by atoms with Gasteiger partial charge in [-0.3, -0.25) is 33.8 Å². The van der Waals surface area contributed by atoms with Crippen LogP contribution in [-0.2, 0) is 44.7 Å². The lowest BCUT2D eigenvalue weighted by molar-refractivity contribution is -0.156. The van der Waals surface area contributed by atoms with Crippen molar-refractivity contribution in [1.82, 2.24) is 26.6 Å². The lowest BCUT2D eigenvalue weighted by Crippen LogP contribution is -2.62. The van der Waals surface area contributed by atoms with Crippen LogP contribution < -0.4 is 43.8 Å². The highest BCUT2D eigenvalue weighted by Crippen LogP contribution is 2.16. The summed E-state index contributed by atoms with van der Waals surface area (Å²) in [4.78, 5) is 98.5. The molecule has 12 N–H and O–H groups in total. The maximum atomic E-state index is 14.2. The van der Waals surface area contributed by atoms with Crippen LogP contribution >= 0.6 is 0 Å². The van der Waals surface area contributed by atoms with Crippen molar-refractivity contribution in [1.29, 1.82) is 0 Å². The molecule has 0 aromatic heterocycles. The molecule has 1 aromatic rings. The zero-order chi connectivity index (χ0) is 48.7. The number of nitrogens with two attached hydrogens (primary N) is 3. The number of carbonyl (C=O) groups excluding carboxylic acids is 6. The number of nitrogens with one attached hydrogen (secondary N) is 5. The predicted octanol–water partition coefficient (Wildman–Crippen LogP) is 3.76. The first-order valence-electron chi connectivity index (χ1n) is 24.4. The summed E-state index contributed by atoms with van der Waals surface area (Å²) in [5, 5.41) is 22.8. The van der Waals surface area contributed by atoms with Crippen molar-refractivity contribution in [3.63, 3.8) is 0 Å². The highest BCUT2D eigenvalue weighted by Gasteiger charge is 2.38. The first-order valence-corrected chi connectivity index (χ1v) is 24.4. The van der Waals surface area contributed by atoms with E-state index in [1.54, 1.807) is 37.3 Å². The van der Waals surface area contributed by atoms with Crippen molar-refractivity contribution in [2.45, 2.75) is 198 Å². The van der Waals surface area contributed by atoms with E-state index in [4.69, 9.17) is 21.9 Å². The monoisotopic (exact) mass is 928 g/mol.